The van der Waals surface area contributed by atoms with Gasteiger partial charge in [-0.15, -0.1) is 0 Å². The SMILES string of the molecule is COC(=O)CC(C=O)NC(=O)C1[C@H]2CC[C@H](C2)N1C. The molecule has 6 nitrogen and oxygen atoms in total. The summed E-state index contributed by atoms with van der Waals surface area (Å²) in [6.07, 6.45) is 3.73. The largest absolute Gasteiger partial charge is 0.469 e. The quantitative estimate of drug-likeness (QED) is 0.548. The third-order valence-corrected chi connectivity index (χ3v) is 4.28. The first kappa shape index (κ1) is 14.0. The van der Waals surface area contributed by atoms with Crippen LogP contribution in [-0.4, -0.2) is 55.3 Å². The maximum Gasteiger partial charge on any atom is 0.308 e. The Balaban J connectivity index is 1.93. The standard InChI is InChI=1S/C13H20N2O4/c1-15-10-4-3-8(5-10)12(15)13(18)14-9(7-16)6-11(17)19-2/h7-10,12H,3-6H2,1-2H3,(H,14,18)/t8-,9?,10+,12?/m0/s1. The number of aldehydes is 1. The zero-order valence-corrected chi connectivity index (χ0v) is 11.3. The number of esters is 1. The molecule has 2 bridgehead atoms. The number of fused-ring (bicyclic) bond motifs is 2. The molecule has 1 N–H and O–H groups in total. The summed E-state index contributed by atoms with van der Waals surface area (Å²) in [7, 11) is 3.21. The zero-order chi connectivity index (χ0) is 14.0. The predicted octanol–water partition coefficient (Wildman–Crippen LogP) is -0.284. The number of likely N-dealkylation sites (N-methyl/N-ethyl adjacent to an activating group) is 1. The fourth-order valence-corrected chi connectivity index (χ4v) is 3.27. The number of likely N-dealkylation sites (tertiary alicyclic amines) is 1. The van der Waals surface area contributed by atoms with Crippen LogP contribution in [0.4, 0.5) is 0 Å². The molecule has 1 aliphatic heterocycles. The van der Waals surface area contributed by atoms with Gasteiger partial charge in [-0.2, -0.15) is 0 Å². The molecular weight excluding hydrogens is 248 g/mol. The van der Waals surface area contributed by atoms with Gasteiger partial charge in [-0.3, -0.25) is 14.5 Å². The second-order valence-corrected chi connectivity index (χ2v) is 5.37. The molecule has 1 saturated carbocycles. The molecule has 1 saturated heterocycles. The molecule has 4 atom stereocenters. The summed E-state index contributed by atoms with van der Waals surface area (Å²) in [5, 5.41) is 2.64. The minimum atomic E-state index is -0.799. The van der Waals surface area contributed by atoms with Crippen molar-refractivity contribution in [3.63, 3.8) is 0 Å². The van der Waals surface area contributed by atoms with E-state index in [1.54, 1.807) is 0 Å². The van der Waals surface area contributed by atoms with E-state index in [4.69, 9.17) is 0 Å². The average Bonchev–Trinajstić information content (AvgIpc) is 2.98. The van der Waals surface area contributed by atoms with Crippen LogP contribution < -0.4 is 5.32 Å². The van der Waals surface area contributed by atoms with Gasteiger partial charge in [-0.25, -0.2) is 0 Å². The number of amides is 1. The highest BCUT2D eigenvalue weighted by molar-refractivity contribution is 5.87. The maximum atomic E-state index is 12.2. The number of methoxy groups -OCH3 is 1. The lowest BCUT2D eigenvalue weighted by atomic mass is 9.98. The van der Waals surface area contributed by atoms with Gasteiger partial charge in [0, 0.05) is 6.04 Å². The molecule has 2 unspecified atom stereocenters. The molecule has 6 heteroatoms. The van der Waals surface area contributed by atoms with Crippen LogP contribution in [0.3, 0.4) is 0 Å². The number of piperidine rings is 1. The lowest BCUT2D eigenvalue weighted by molar-refractivity contribution is -0.142. The second kappa shape index (κ2) is 5.69. The fraction of sp³-hybridized carbons (Fsp3) is 0.769. The molecule has 0 spiro atoms. The van der Waals surface area contributed by atoms with E-state index >= 15 is 0 Å². The Hall–Kier alpha value is -1.43. The monoisotopic (exact) mass is 268 g/mol. The average molecular weight is 268 g/mol. The molecule has 0 aromatic carbocycles. The molecule has 0 radical (unpaired) electrons. The molecule has 1 amide bonds. The van der Waals surface area contributed by atoms with Crippen molar-refractivity contribution < 1.29 is 19.1 Å². The third kappa shape index (κ3) is 2.78. The second-order valence-electron chi connectivity index (χ2n) is 5.37. The summed E-state index contributed by atoms with van der Waals surface area (Å²) in [6.45, 7) is 0. The molecule has 106 valence electrons. The first-order valence-corrected chi connectivity index (χ1v) is 6.61. The first-order chi connectivity index (χ1) is 9.06. The summed E-state index contributed by atoms with van der Waals surface area (Å²) in [4.78, 5) is 36.4. The summed E-state index contributed by atoms with van der Waals surface area (Å²) in [5.41, 5.74) is 0. The van der Waals surface area contributed by atoms with Crippen molar-refractivity contribution in [2.75, 3.05) is 14.2 Å². The van der Waals surface area contributed by atoms with Gasteiger partial charge in [-0.05, 0) is 32.2 Å². The van der Waals surface area contributed by atoms with Gasteiger partial charge in [-0.1, -0.05) is 0 Å². The molecule has 1 heterocycles. The van der Waals surface area contributed by atoms with E-state index < -0.39 is 12.0 Å². The van der Waals surface area contributed by atoms with Crippen LogP contribution in [0.5, 0.6) is 0 Å². The Bertz CT molecular complexity index is 383. The number of hydrogen-bond donors (Lipinski definition) is 1. The van der Waals surface area contributed by atoms with Gasteiger partial charge in [0.15, 0.2) is 0 Å². The van der Waals surface area contributed by atoms with E-state index in [9.17, 15) is 14.4 Å². The van der Waals surface area contributed by atoms with E-state index in [0.717, 1.165) is 19.3 Å². The first-order valence-electron chi connectivity index (χ1n) is 6.61. The number of carbonyl (C=O) groups is 3. The molecule has 2 rings (SSSR count). The van der Waals surface area contributed by atoms with Gasteiger partial charge >= 0.3 is 5.97 Å². The smallest absolute Gasteiger partial charge is 0.308 e. The minimum absolute atomic E-state index is 0.115. The highest BCUT2D eigenvalue weighted by Gasteiger charge is 2.47. The zero-order valence-electron chi connectivity index (χ0n) is 11.3. The molecule has 19 heavy (non-hydrogen) atoms. The van der Waals surface area contributed by atoms with Gasteiger partial charge in [0.2, 0.25) is 5.91 Å². The van der Waals surface area contributed by atoms with Crippen molar-refractivity contribution in [3.8, 4) is 0 Å². The van der Waals surface area contributed by atoms with Crippen molar-refractivity contribution in [2.45, 2.75) is 43.8 Å². The highest BCUT2D eigenvalue weighted by Crippen LogP contribution is 2.41. The van der Waals surface area contributed by atoms with E-state index in [1.165, 1.54) is 7.11 Å². The van der Waals surface area contributed by atoms with Crippen LogP contribution in [-0.2, 0) is 19.1 Å². The summed E-state index contributed by atoms with van der Waals surface area (Å²) < 4.78 is 4.50. The van der Waals surface area contributed by atoms with Crippen molar-refractivity contribution >= 4 is 18.2 Å². The van der Waals surface area contributed by atoms with E-state index in [-0.39, 0.29) is 18.4 Å². The Kier molecular flexibility index (Phi) is 4.19. The molecule has 0 aromatic heterocycles. The van der Waals surface area contributed by atoms with Crippen LogP contribution in [0.15, 0.2) is 0 Å². The van der Waals surface area contributed by atoms with Crippen molar-refractivity contribution in [1.29, 1.82) is 0 Å². The number of ether oxygens (including phenoxy) is 1. The number of rotatable bonds is 5. The third-order valence-electron chi connectivity index (χ3n) is 4.28. The van der Waals surface area contributed by atoms with Crippen LogP contribution in [0.25, 0.3) is 0 Å². The van der Waals surface area contributed by atoms with Crippen molar-refractivity contribution in [3.05, 3.63) is 0 Å². The number of hydrogen-bond acceptors (Lipinski definition) is 5. The van der Waals surface area contributed by atoms with Gasteiger partial charge in [0.1, 0.15) is 6.29 Å². The van der Waals surface area contributed by atoms with Gasteiger partial charge in [0.25, 0.3) is 0 Å². The van der Waals surface area contributed by atoms with Gasteiger partial charge in [0.05, 0.1) is 25.6 Å². The van der Waals surface area contributed by atoms with E-state index in [1.807, 2.05) is 7.05 Å². The lowest BCUT2D eigenvalue weighted by Gasteiger charge is -2.31. The summed E-state index contributed by atoms with van der Waals surface area (Å²) >= 11 is 0. The van der Waals surface area contributed by atoms with E-state index in [0.29, 0.717) is 18.2 Å². The highest BCUT2D eigenvalue weighted by atomic mass is 16.5. The maximum absolute atomic E-state index is 12.2. The fourth-order valence-electron chi connectivity index (χ4n) is 3.27. The Morgan fingerprint density at radius 1 is 1.47 bits per heavy atom. The molecule has 2 fully saturated rings. The molecule has 1 aliphatic carbocycles. The minimum Gasteiger partial charge on any atom is -0.469 e. The van der Waals surface area contributed by atoms with E-state index in [2.05, 4.69) is 15.0 Å². The van der Waals surface area contributed by atoms with Crippen molar-refractivity contribution in [2.24, 2.45) is 5.92 Å². The Labute approximate surface area is 112 Å². The molecular formula is C13H20N2O4. The lowest BCUT2D eigenvalue weighted by Crippen LogP contribution is -2.51. The van der Waals surface area contributed by atoms with Crippen LogP contribution in [0, 0.1) is 5.92 Å². The van der Waals surface area contributed by atoms with Crippen LogP contribution in [0.1, 0.15) is 25.7 Å². The van der Waals surface area contributed by atoms with Crippen molar-refractivity contribution in [1.82, 2.24) is 10.2 Å². The predicted molar refractivity (Wildman–Crippen MR) is 67.3 cm³/mol. The van der Waals surface area contributed by atoms with Gasteiger partial charge < -0.3 is 14.8 Å². The molecule has 2 aliphatic rings. The summed E-state index contributed by atoms with van der Waals surface area (Å²) in [6, 6.07) is -0.484. The normalized spacial score (nSPS) is 30.9. The van der Waals surface area contributed by atoms with Crippen LogP contribution >= 0.6 is 0 Å². The Morgan fingerprint density at radius 2 is 2.21 bits per heavy atom. The molecule has 0 aromatic rings. The summed E-state index contributed by atoms with van der Waals surface area (Å²) in [5.74, 6) is -0.283. The number of carbonyl (C=O) groups excluding carboxylic acids is 3. The Morgan fingerprint density at radius 3 is 2.74 bits per heavy atom. The topological polar surface area (TPSA) is 75.7 Å². The number of nitrogens with one attached hydrogen (secondary N) is 1. The number of nitrogens with zero attached hydrogens (tertiary/aromatic N) is 1. The van der Waals surface area contributed by atoms with Crippen LogP contribution in [0.2, 0.25) is 0 Å².